The number of hydrogen-bond acceptors (Lipinski definition) is 3. The molecule has 1 unspecified atom stereocenters. The molecule has 5 heteroatoms. The number of nitrogens with zero attached hydrogens (tertiary/aromatic N) is 1. The summed E-state index contributed by atoms with van der Waals surface area (Å²) in [6.07, 6.45) is 2.70. The lowest BCUT2D eigenvalue weighted by Crippen LogP contribution is -2.43. The van der Waals surface area contributed by atoms with Gasteiger partial charge in [-0.25, -0.2) is 0 Å². The fourth-order valence-electron chi connectivity index (χ4n) is 1.65. The minimum absolute atomic E-state index is 0.0611. The highest BCUT2D eigenvalue weighted by molar-refractivity contribution is 5.77. The van der Waals surface area contributed by atoms with Gasteiger partial charge in [0.25, 0.3) is 0 Å². The first-order valence-corrected chi connectivity index (χ1v) is 6.18. The Morgan fingerprint density at radius 2 is 1.88 bits per heavy atom. The van der Waals surface area contributed by atoms with E-state index in [2.05, 4.69) is 0 Å². The molecule has 5 nitrogen and oxygen atoms in total. The first kappa shape index (κ1) is 15.9. The van der Waals surface area contributed by atoms with Gasteiger partial charge in [-0.3, -0.25) is 9.59 Å². The van der Waals surface area contributed by atoms with Gasteiger partial charge < -0.3 is 15.1 Å². The molecule has 0 aromatic heterocycles. The molecule has 1 amide bonds. The van der Waals surface area contributed by atoms with Gasteiger partial charge in [-0.1, -0.05) is 20.3 Å². The summed E-state index contributed by atoms with van der Waals surface area (Å²) in [5, 5.41) is 17.8. The summed E-state index contributed by atoms with van der Waals surface area (Å²) < 4.78 is 0. The summed E-state index contributed by atoms with van der Waals surface area (Å²) in [6, 6.07) is -0.265. The number of carbonyl (C=O) groups excluding carboxylic acids is 1. The van der Waals surface area contributed by atoms with Gasteiger partial charge in [-0.2, -0.15) is 0 Å². The van der Waals surface area contributed by atoms with Crippen LogP contribution in [0.25, 0.3) is 0 Å². The number of hydrogen-bond donors (Lipinski definition) is 2. The number of aliphatic hydroxyl groups excluding tert-OH is 1. The van der Waals surface area contributed by atoms with Crippen molar-refractivity contribution in [2.24, 2.45) is 0 Å². The van der Waals surface area contributed by atoms with Gasteiger partial charge in [0.05, 0.1) is 19.1 Å². The summed E-state index contributed by atoms with van der Waals surface area (Å²) in [5.41, 5.74) is 0. The molecule has 1 atom stereocenters. The number of aliphatic carboxylic acids is 1. The van der Waals surface area contributed by atoms with Crippen LogP contribution in [0.3, 0.4) is 0 Å². The maximum atomic E-state index is 11.9. The Kier molecular flexibility index (Phi) is 8.40. The third-order valence-electron chi connectivity index (χ3n) is 2.75. The molecular weight excluding hydrogens is 222 g/mol. The number of rotatable bonds is 9. The summed E-state index contributed by atoms with van der Waals surface area (Å²) in [7, 11) is 0. The molecular formula is C12H23NO4. The van der Waals surface area contributed by atoms with Crippen molar-refractivity contribution in [3.05, 3.63) is 0 Å². The molecule has 17 heavy (non-hydrogen) atoms. The smallest absolute Gasteiger partial charge is 0.305 e. The fourth-order valence-corrected chi connectivity index (χ4v) is 1.65. The number of carbonyl (C=O) groups is 2. The van der Waals surface area contributed by atoms with Crippen LogP contribution < -0.4 is 0 Å². The van der Waals surface area contributed by atoms with Gasteiger partial charge in [0.2, 0.25) is 5.91 Å². The standard InChI is InChI=1S/C12H23NO4/c1-3-5-6-11(15)13(8-7-12(16)17)10(4-2)9-14/h10,14H,3-9H2,1-2H3,(H,16,17). The first-order chi connectivity index (χ1) is 8.06. The second-order valence-electron chi connectivity index (χ2n) is 4.08. The van der Waals surface area contributed by atoms with Crippen LogP contribution in [-0.2, 0) is 9.59 Å². The van der Waals surface area contributed by atoms with Gasteiger partial charge in [0.15, 0.2) is 0 Å². The molecule has 2 N–H and O–H groups in total. The van der Waals surface area contributed by atoms with Crippen LogP contribution >= 0.6 is 0 Å². The number of unbranched alkanes of at least 4 members (excludes halogenated alkanes) is 1. The average molecular weight is 245 g/mol. The lowest BCUT2D eigenvalue weighted by atomic mass is 10.1. The minimum atomic E-state index is -0.925. The van der Waals surface area contributed by atoms with E-state index in [-0.39, 0.29) is 31.5 Å². The Labute approximate surface area is 102 Å². The molecule has 0 spiro atoms. The van der Waals surface area contributed by atoms with Crippen LogP contribution in [0.15, 0.2) is 0 Å². The van der Waals surface area contributed by atoms with Crippen molar-refractivity contribution in [1.29, 1.82) is 0 Å². The molecule has 100 valence electrons. The van der Waals surface area contributed by atoms with Crippen molar-refractivity contribution in [3.63, 3.8) is 0 Å². The van der Waals surface area contributed by atoms with E-state index >= 15 is 0 Å². The quantitative estimate of drug-likeness (QED) is 0.641. The lowest BCUT2D eigenvalue weighted by Gasteiger charge is -2.29. The number of carboxylic acids is 1. The molecule has 0 fully saturated rings. The molecule has 0 aliphatic rings. The van der Waals surface area contributed by atoms with Gasteiger partial charge in [0.1, 0.15) is 0 Å². The van der Waals surface area contributed by atoms with Crippen molar-refractivity contribution in [2.45, 2.75) is 52.0 Å². The Balaban J connectivity index is 4.46. The van der Waals surface area contributed by atoms with Gasteiger partial charge in [0, 0.05) is 13.0 Å². The maximum Gasteiger partial charge on any atom is 0.305 e. The zero-order valence-electron chi connectivity index (χ0n) is 10.7. The van der Waals surface area contributed by atoms with E-state index in [4.69, 9.17) is 5.11 Å². The summed E-state index contributed by atoms with van der Waals surface area (Å²) in [6.45, 7) is 3.94. The summed E-state index contributed by atoms with van der Waals surface area (Å²) in [4.78, 5) is 23.9. The largest absolute Gasteiger partial charge is 0.481 e. The molecule has 0 bridgehead atoms. The Morgan fingerprint density at radius 1 is 1.24 bits per heavy atom. The van der Waals surface area contributed by atoms with E-state index < -0.39 is 5.97 Å². The second kappa shape index (κ2) is 8.98. The van der Waals surface area contributed by atoms with E-state index in [9.17, 15) is 14.7 Å². The van der Waals surface area contributed by atoms with Crippen LogP contribution in [-0.4, -0.2) is 46.2 Å². The number of aliphatic hydroxyl groups is 1. The zero-order chi connectivity index (χ0) is 13.3. The Bertz CT molecular complexity index is 239. The molecule has 0 radical (unpaired) electrons. The molecule has 0 saturated heterocycles. The van der Waals surface area contributed by atoms with Crippen molar-refractivity contribution < 1.29 is 19.8 Å². The SMILES string of the molecule is CCCCC(=O)N(CCC(=O)O)C(CC)CO. The van der Waals surface area contributed by atoms with Crippen molar-refractivity contribution >= 4 is 11.9 Å². The summed E-state index contributed by atoms with van der Waals surface area (Å²) in [5.74, 6) is -0.986. The molecule has 0 aromatic rings. The summed E-state index contributed by atoms with van der Waals surface area (Å²) >= 11 is 0. The van der Waals surface area contributed by atoms with E-state index in [1.807, 2.05) is 13.8 Å². The van der Waals surface area contributed by atoms with Gasteiger partial charge in [-0.05, 0) is 12.8 Å². The van der Waals surface area contributed by atoms with Crippen LogP contribution in [0.4, 0.5) is 0 Å². The van der Waals surface area contributed by atoms with E-state index in [1.54, 1.807) is 0 Å². The normalized spacial score (nSPS) is 12.2. The van der Waals surface area contributed by atoms with Crippen molar-refractivity contribution in [1.82, 2.24) is 4.90 Å². The van der Waals surface area contributed by atoms with Crippen LogP contribution in [0.2, 0.25) is 0 Å². The highest BCUT2D eigenvalue weighted by Gasteiger charge is 2.21. The molecule has 0 rings (SSSR count). The number of carboxylic acid groups (broad SMARTS) is 1. The van der Waals surface area contributed by atoms with E-state index in [0.717, 1.165) is 12.8 Å². The van der Waals surface area contributed by atoms with Gasteiger partial charge in [-0.15, -0.1) is 0 Å². The lowest BCUT2D eigenvalue weighted by molar-refractivity contribution is -0.140. The van der Waals surface area contributed by atoms with Crippen LogP contribution in [0.5, 0.6) is 0 Å². The van der Waals surface area contributed by atoms with Crippen molar-refractivity contribution in [2.75, 3.05) is 13.2 Å². The highest BCUT2D eigenvalue weighted by Crippen LogP contribution is 2.09. The Morgan fingerprint density at radius 3 is 2.29 bits per heavy atom. The second-order valence-corrected chi connectivity index (χ2v) is 4.08. The molecule has 0 aliphatic heterocycles. The topological polar surface area (TPSA) is 77.8 Å². The third kappa shape index (κ3) is 6.26. The van der Waals surface area contributed by atoms with Crippen LogP contribution in [0, 0.1) is 0 Å². The first-order valence-electron chi connectivity index (χ1n) is 6.18. The zero-order valence-corrected chi connectivity index (χ0v) is 10.7. The monoisotopic (exact) mass is 245 g/mol. The number of amides is 1. The third-order valence-corrected chi connectivity index (χ3v) is 2.75. The van der Waals surface area contributed by atoms with E-state index in [0.29, 0.717) is 12.8 Å². The minimum Gasteiger partial charge on any atom is -0.481 e. The molecule has 0 heterocycles. The predicted molar refractivity (Wildman–Crippen MR) is 64.7 cm³/mol. The molecule has 0 saturated carbocycles. The Hall–Kier alpha value is -1.10. The van der Waals surface area contributed by atoms with Crippen molar-refractivity contribution in [3.8, 4) is 0 Å². The molecule has 0 aromatic carbocycles. The van der Waals surface area contributed by atoms with E-state index in [1.165, 1.54) is 4.90 Å². The van der Waals surface area contributed by atoms with Gasteiger partial charge >= 0.3 is 5.97 Å². The fraction of sp³-hybridized carbons (Fsp3) is 0.833. The average Bonchev–Trinajstić information content (AvgIpc) is 2.31. The highest BCUT2D eigenvalue weighted by atomic mass is 16.4. The molecule has 0 aliphatic carbocycles. The maximum absolute atomic E-state index is 11.9. The predicted octanol–water partition coefficient (Wildman–Crippen LogP) is 1.25. The van der Waals surface area contributed by atoms with Crippen LogP contribution in [0.1, 0.15) is 46.0 Å².